The topological polar surface area (TPSA) is 123 Å². The predicted octanol–water partition coefficient (Wildman–Crippen LogP) is 3.10. The van der Waals surface area contributed by atoms with Crippen molar-refractivity contribution in [1.29, 1.82) is 0 Å². The first-order valence-corrected chi connectivity index (χ1v) is 10.2. The van der Waals surface area contributed by atoms with Gasteiger partial charge in [0.2, 0.25) is 5.82 Å². The minimum atomic E-state index is -0.209. The van der Waals surface area contributed by atoms with Gasteiger partial charge in [-0.05, 0) is 43.7 Å². The van der Waals surface area contributed by atoms with Crippen molar-refractivity contribution in [2.75, 3.05) is 22.1 Å². The van der Waals surface area contributed by atoms with Crippen LogP contribution in [0.3, 0.4) is 0 Å². The summed E-state index contributed by atoms with van der Waals surface area (Å²) >= 11 is 0. The van der Waals surface area contributed by atoms with Crippen LogP contribution in [0.15, 0.2) is 54.6 Å². The van der Waals surface area contributed by atoms with Crippen molar-refractivity contribution in [3.63, 3.8) is 0 Å². The number of anilines is 4. The molecule has 32 heavy (non-hydrogen) atoms. The first kappa shape index (κ1) is 21.0. The minimum Gasteiger partial charge on any atom is -0.398 e. The molecule has 0 aliphatic rings. The van der Waals surface area contributed by atoms with Crippen molar-refractivity contribution in [2.24, 2.45) is 7.05 Å². The van der Waals surface area contributed by atoms with Crippen molar-refractivity contribution in [3.05, 3.63) is 77.1 Å². The molecular weight excluding hydrogens is 402 g/mol. The van der Waals surface area contributed by atoms with Gasteiger partial charge in [-0.15, -0.1) is 0 Å². The fourth-order valence-corrected chi connectivity index (χ4v) is 3.47. The number of aryl methyl sites for hydroxylation is 2. The molecule has 0 aliphatic carbocycles. The van der Waals surface area contributed by atoms with Gasteiger partial charge < -0.3 is 16.4 Å². The molecule has 0 radical (unpaired) electrons. The summed E-state index contributed by atoms with van der Waals surface area (Å²) in [5, 5.41) is 7.03. The van der Waals surface area contributed by atoms with Gasteiger partial charge in [0.25, 0.3) is 5.91 Å². The average Bonchev–Trinajstić information content (AvgIpc) is 2.76. The second-order valence-electron chi connectivity index (χ2n) is 7.76. The molecule has 2 aromatic carbocycles. The van der Waals surface area contributed by atoms with Crippen LogP contribution in [-0.4, -0.2) is 15.9 Å². The maximum Gasteiger partial charge on any atom is 0.391 e. The average molecular weight is 429 g/mol. The van der Waals surface area contributed by atoms with Gasteiger partial charge in [0.15, 0.2) is 0 Å². The normalized spacial score (nSPS) is 10.8. The summed E-state index contributed by atoms with van der Waals surface area (Å²) in [6.07, 6.45) is 0. The number of nitrogens with two attached hydrogens (primary N) is 2. The molecule has 0 fully saturated rings. The summed E-state index contributed by atoms with van der Waals surface area (Å²) in [5.74, 6) is 0.942. The predicted molar refractivity (Wildman–Crippen MR) is 127 cm³/mol. The van der Waals surface area contributed by atoms with E-state index in [0.29, 0.717) is 40.8 Å². The lowest BCUT2D eigenvalue weighted by molar-refractivity contribution is -0.665. The second-order valence-corrected chi connectivity index (χ2v) is 7.76. The molecule has 4 aromatic rings. The second kappa shape index (κ2) is 8.50. The van der Waals surface area contributed by atoms with Crippen LogP contribution in [0, 0.1) is 13.8 Å². The van der Waals surface area contributed by atoms with Crippen molar-refractivity contribution < 1.29 is 9.36 Å². The number of carbonyl (C=O) groups excluding carboxylic acids is 1. The van der Waals surface area contributed by atoms with E-state index in [1.54, 1.807) is 12.1 Å². The Morgan fingerprint density at radius 1 is 1.03 bits per heavy atom. The molecule has 6 N–H and O–H groups in total. The van der Waals surface area contributed by atoms with Crippen molar-refractivity contribution in [1.82, 2.24) is 9.97 Å². The number of pyridine rings is 1. The lowest BCUT2D eigenvalue weighted by Crippen LogP contribution is -2.37. The number of aromatic nitrogens is 3. The maximum atomic E-state index is 12.8. The quantitative estimate of drug-likeness (QED) is 0.362. The Labute approximate surface area is 186 Å². The third-order valence-corrected chi connectivity index (χ3v) is 5.39. The highest BCUT2D eigenvalue weighted by atomic mass is 16.1. The lowest BCUT2D eigenvalue weighted by atomic mass is 10.1. The Bertz CT molecular complexity index is 1290. The molecule has 2 heterocycles. The summed E-state index contributed by atoms with van der Waals surface area (Å²) in [5.41, 5.74) is 17.3. The minimum absolute atomic E-state index is 0.209. The Kier molecular flexibility index (Phi) is 5.59. The van der Waals surface area contributed by atoms with Crippen LogP contribution in [0.4, 0.5) is 23.1 Å². The molecule has 8 nitrogen and oxygen atoms in total. The molecule has 0 spiro atoms. The SMILES string of the molecule is Cc1cc(N)c2cccc(NC(=O)c3ccc(CNc4cc(C)[n+](C)c(N)n4)cc3)c2n1. The Balaban J connectivity index is 1.47. The Hall–Kier alpha value is -4.20. The third kappa shape index (κ3) is 4.29. The van der Waals surface area contributed by atoms with Gasteiger partial charge in [-0.2, -0.15) is 0 Å². The van der Waals surface area contributed by atoms with E-state index in [1.807, 2.05) is 67.9 Å². The van der Waals surface area contributed by atoms with Crippen LogP contribution in [0.2, 0.25) is 0 Å². The number of hydrogen-bond donors (Lipinski definition) is 4. The first-order valence-electron chi connectivity index (χ1n) is 10.2. The van der Waals surface area contributed by atoms with Gasteiger partial charge in [-0.3, -0.25) is 15.5 Å². The fourth-order valence-electron chi connectivity index (χ4n) is 3.47. The Morgan fingerprint density at radius 2 is 1.78 bits per heavy atom. The van der Waals surface area contributed by atoms with Gasteiger partial charge >= 0.3 is 5.95 Å². The summed E-state index contributed by atoms with van der Waals surface area (Å²) in [7, 11) is 1.87. The molecule has 0 bridgehead atoms. The number of fused-ring (bicyclic) bond motifs is 1. The van der Waals surface area contributed by atoms with Gasteiger partial charge in [-0.1, -0.05) is 29.2 Å². The fraction of sp³-hybridized carbons (Fsp3) is 0.167. The molecule has 0 saturated carbocycles. The van der Waals surface area contributed by atoms with Crippen molar-refractivity contribution in [2.45, 2.75) is 20.4 Å². The molecule has 0 saturated heterocycles. The zero-order valence-electron chi connectivity index (χ0n) is 18.3. The molecule has 2 aromatic heterocycles. The molecule has 0 atom stereocenters. The highest BCUT2D eigenvalue weighted by molar-refractivity contribution is 6.09. The first-order chi connectivity index (χ1) is 15.3. The van der Waals surface area contributed by atoms with Gasteiger partial charge in [-0.25, -0.2) is 4.57 Å². The summed E-state index contributed by atoms with van der Waals surface area (Å²) in [6, 6.07) is 16.7. The van der Waals surface area contributed by atoms with Crippen LogP contribution in [0.1, 0.15) is 27.3 Å². The van der Waals surface area contributed by atoms with Crippen molar-refractivity contribution >= 4 is 40.0 Å². The third-order valence-electron chi connectivity index (χ3n) is 5.39. The van der Waals surface area contributed by atoms with Gasteiger partial charge in [0.05, 0.1) is 23.9 Å². The highest BCUT2D eigenvalue weighted by Gasteiger charge is 2.12. The number of rotatable bonds is 5. The molecule has 8 heteroatoms. The molecule has 4 rings (SSSR count). The number of nitrogens with zero attached hydrogens (tertiary/aromatic N) is 3. The van der Waals surface area contributed by atoms with E-state index in [0.717, 1.165) is 22.3 Å². The smallest absolute Gasteiger partial charge is 0.391 e. The van der Waals surface area contributed by atoms with Crippen molar-refractivity contribution in [3.8, 4) is 0 Å². The van der Waals surface area contributed by atoms with Crippen LogP contribution < -0.4 is 26.7 Å². The highest BCUT2D eigenvalue weighted by Crippen LogP contribution is 2.27. The summed E-state index contributed by atoms with van der Waals surface area (Å²) in [4.78, 5) is 21.7. The molecule has 0 aliphatic heterocycles. The van der Waals surface area contributed by atoms with Gasteiger partial charge in [0.1, 0.15) is 0 Å². The molecule has 0 unspecified atom stereocenters. The lowest BCUT2D eigenvalue weighted by Gasteiger charge is -2.11. The monoisotopic (exact) mass is 428 g/mol. The van der Waals surface area contributed by atoms with Gasteiger partial charge in [0, 0.05) is 34.9 Å². The van der Waals surface area contributed by atoms with E-state index in [2.05, 4.69) is 20.6 Å². The maximum absolute atomic E-state index is 12.8. The molecule has 162 valence electrons. The summed E-state index contributed by atoms with van der Waals surface area (Å²) in [6.45, 7) is 4.41. The number of carbonyl (C=O) groups is 1. The number of nitrogens with one attached hydrogen (secondary N) is 2. The van der Waals surface area contributed by atoms with Crippen LogP contribution in [0.25, 0.3) is 10.9 Å². The molecule has 1 amide bonds. The van der Waals surface area contributed by atoms with Crippen LogP contribution >= 0.6 is 0 Å². The number of para-hydroxylation sites is 1. The zero-order chi connectivity index (χ0) is 22.8. The van der Waals surface area contributed by atoms with E-state index in [1.165, 1.54) is 0 Å². The van der Waals surface area contributed by atoms with E-state index in [-0.39, 0.29) is 5.91 Å². The van der Waals surface area contributed by atoms with E-state index in [9.17, 15) is 4.79 Å². The Morgan fingerprint density at radius 3 is 2.50 bits per heavy atom. The van der Waals surface area contributed by atoms with E-state index >= 15 is 0 Å². The number of amides is 1. The number of nitrogen functional groups attached to an aromatic ring is 2. The summed E-state index contributed by atoms with van der Waals surface area (Å²) < 4.78 is 1.82. The van der Waals surface area contributed by atoms with E-state index < -0.39 is 0 Å². The zero-order valence-corrected chi connectivity index (χ0v) is 18.3. The largest absolute Gasteiger partial charge is 0.398 e. The number of hydrogen-bond acceptors (Lipinski definition) is 6. The number of benzene rings is 2. The molecular formula is C24H26N7O+. The standard InChI is InChI=1S/C24H25N7O/c1-14-11-19(25)18-5-4-6-20(22(18)28-14)29-23(32)17-9-7-16(8-10-17)13-27-21-12-15(2)31(3)24(26)30-21/h4-12H,13H2,1-3H3,(H5,25,26,27,28,29,30,32)/p+1. The van der Waals surface area contributed by atoms with Crippen LogP contribution in [-0.2, 0) is 13.6 Å². The van der Waals surface area contributed by atoms with Crippen LogP contribution in [0.5, 0.6) is 0 Å². The van der Waals surface area contributed by atoms with E-state index in [4.69, 9.17) is 11.5 Å².